The second-order valence-electron chi connectivity index (χ2n) is 8.91. The standard InChI is InChI=1S/C26H25ClN4O6/c1-5-36-24(32)21-7-6-8-22(31(34)35)23(21)30(25(33)37-26(2,3)4)15-17-9-11-19(12-10-17)29-16-18(27)13-20(29)14-28/h6-13,16H,5,15H2,1-4H3. The first-order valence-corrected chi connectivity index (χ1v) is 11.6. The second-order valence-corrected chi connectivity index (χ2v) is 9.35. The minimum absolute atomic E-state index is 0.0446. The fourth-order valence-corrected chi connectivity index (χ4v) is 3.76. The number of halogens is 1. The van der Waals surface area contributed by atoms with E-state index in [1.807, 2.05) is 0 Å². The summed E-state index contributed by atoms with van der Waals surface area (Å²) in [5, 5.41) is 21.7. The van der Waals surface area contributed by atoms with Crippen molar-refractivity contribution < 1.29 is 24.0 Å². The Bertz CT molecular complexity index is 1370. The molecule has 1 amide bonds. The molecule has 11 heteroatoms. The minimum atomic E-state index is -0.909. The molecule has 0 saturated heterocycles. The third kappa shape index (κ3) is 6.45. The highest BCUT2D eigenvalue weighted by Gasteiger charge is 2.33. The van der Waals surface area contributed by atoms with Crippen molar-refractivity contribution in [3.8, 4) is 11.8 Å². The Morgan fingerprint density at radius 3 is 2.43 bits per heavy atom. The van der Waals surface area contributed by atoms with Crippen molar-refractivity contribution in [2.75, 3.05) is 11.5 Å². The molecular weight excluding hydrogens is 500 g/mol. The number of anilines is 1. The minimum Gasteiger partial charge on any atom is -0.462 e. The topological polar surface area (TPSA) is 128 Å². The molecule has 3 rings (SSSR count). The van der Waals surface area contributed by atoms with Crippen LogP contribution in [0, 0.1) is 21.4 Å². The van der Waals surface area contributed by atoms with E-state index < -0.39 is 28.3 Å². The highest BCUT2D eigenvalue weighted by Crippen LogP contribution is 2.35. The van der Waals surface area contributed by atoms with Crippen LogP contribution in [0.5, 0.6) is 0 Å². The van der Waals surface area contributed by atoms with Gasteiger partial charge in [0.25, 0.3) is 5.69 Å². The maximum atomic E-state index is 13.3. The predicted octanol–water partition coefficient (Wildman–Crippen LogP) is 6.03. The summed E-state index contributed by atoms with van der Waals surface area (Å²) in [6.07, 6.45) is 0.724. The number of ether oxygens (including phenoxy) is 2. The Morgan fingerprint density at radius 1 is 1.19 bits per heavy atom. The summed E-state index contributed by atoms with van der Waals surface area (Å²) in [4.78, 5) is 38.3. The highest BCUT2D eigenvalue weighted by atomic mass is 35.5. The number of para-hydroxylation sites is 1. The molecule has 3 aromatic rings. The van der Waals surface area contributed by atoms with Gasteiger partial charge in [-0.2, -0.15) is 5.26 Å². The van der Waals surface area contributed by atoms with E-state index >= 15 is 0 Å². The molecule has 0 fully saturated rings. The molecule has 0 unspecified atom stereocenters. The van der Waals surface area contributed by atoms with Crippen molar-refractivity contribution >= 4 is 35.0 Å². The summed E-state index contributed by atoms with van der Waals surface area (Å²) in [5.74, 6) is -0.807. The van der Waals surface area contributed by atoms with Crippen LogP contribution >= 0.6 is 11.6 Å². The number of nitrogens with zero attached hydrogens (tertiary/aromatic N) is 4. The number of esters is 1. The van der Waals surface area contributed by atoms with Crippen LogP contribution in [-0.2, 0) is 16.0 Å². The number of hydrogen-bond donors (Lipinski definition) is 0. The van der Waals surface area contributed by atoms with Crippen LogP contribution in [0.15, 0.2) is 54.7 Å². The molecule has 0 radical (unpaired) electrons. The fraction of sp³-hybridized carbons (Fsp3) is 0.269. The molecule has 0 atom stereocenters. The van der Waals surface area contributed by atoms with Crippen molar-refractivity contribution in [1.82, 2.24) is 4.57 Å². The summed E-state index contributed by atoms with van der Waals surface area (Å²) in [6.45, 7) is 6.50. The van der Waals surface area contributed by atoms with Gasteiger partial charge in [0.1, 0.15) is 23.1 Å². The zero-order valence-corrected chi connectivity index (χ0v) is 21.5. The summed E-state index contributed by atoms with van der Waals surface area (Å²) < 4.78 is 12.2. The molecule has 37 heavy (non-hydrogen) atoms. The van der Waals surface area contributed by atoms with Gasteiger partial charge in [0.2, 0.25) is 0 Å². The van der Waals surface area contributed by atoms with Crippen LogP contribution in [-0.4, -0.2) is 33.8 Å². The van der Waals surface area contributed by atoms with Crippen LogP contribution in [0.25, 0.3) is 5.69 Å². The Labute approximate surface area is 218 Å². The van der Waals surface area contributed by atoms with Crippen molar-refractivity contribution in [2.24, 2.45) is 0 Å². The number of amides is 1. The normalized spacial score (nSPS) is 10.9. The van der Waals surface area contributed by atoms with Gasteiger partial charge in [-0.05, 0) is 57.5 Å². The van der Waals surface area contributed by atoms with Gasteiger partial charge >= 0.3 is 12.1 Å². The number of benzene rings is 2. The molecular formula is C26H25ClN4O6. The van der Waals surface area contributed by atoms with E-state index in [4.69, 9.17) is 21.1 Å². The van der Waals surface area contributed by atoms with E-state index in [9.17, 15) is 25.0 Å². The van der Waals surface area contributed by atoms with E-state index in [1.165, 1.54) is 24.3 Å². The lowest BCUT2D eigenvalue weighted by Crippen LogP contribution is -2.37. The molecule has 0 N–H and O–H groups in total. The number of nitro benzene ring substituents is 1. The summed E-state index contributed by atoms with van der Waals surface area (Å²) in [7, 11) is 0. The molecule has 0 aliphatic rings. The van der Waals surface area contributed by atoms with Crippen molar-refractivity contribution in [1.29, 1.82) is 5.26 Å². The number of aromatic nitrogens is 1. The molecule has 0 spiro atoms. The first-order chi connectivity index (χ1) is 17.4. The first kappa shape index (κ1) is 27.2. The second kappa shape index (κ2) is 11.1. The predicted molar refractivity (Wildman–Crippen MR) is 137 cm³/mol. The van der Waals surface area contributed by atoms with Gasteiger partial charge in [-0.1, -0.05) is 29.8 Å². The van der Waals surface area contributed by atoms with Gasteiger partial charge in [0.05, 0.1) is 28.7 Å². The SMILES string of the molecule is CCOC(=O)c1cccc([N+](=O)[O-])c1N(Cc1ccc(-n2cc(Cl)cc2C#N)cc1)C(=O)OC(C)(C)C. The van der Waals surface area contributed by atoms with Gasteiger partial charge < -0.3 is 14.0 Å². The number of rotatable bonds is 7. The zero-order chi connectivity index (χ0) is 27.3. The quantitative estimate of drug-likeness (QED) is 0.210. The molecule has 1 heterocycles. The van der Waals surface area contributed by atoms with Gasteiger partial charge in [0, 0.05) is 18.0 Å². The van der Waals surface area contributed by atoms with Crippen molar-refractivity contribution in [2.45, 2.75) is 39.8 Å². The number of carbonyl (C=O) groups is 2. The Kier molecular flexibility index (Phi) is 8.20. The largest absolute Gasteiger partial charge is 0.462 e. The average molecular weight is 525 g/mol. The van der Waals surface area contributed by atoms with Gasteiger partial charge in [-0.15, -0.1) is 0 Å². The van der Waals surface area contributed by atoms with E-state index in [-0.39, 0.29) is 24.4 Å². The maximum absolute atomic E-state index is 13.3. The fourth-order valence-electron chi connectivity index (χ4n) is 3.56. The Morgan fingerprint density at radius 2 is 1.86 bits per heavy atom. The van der Waals surface area contributed by atoms with Crippen LogP contribution in [0.1, 0.15) is 49.3 Å². The summed E-state index contributed by atoms with van der Waals surface area (Å²) >= 11 is 6.03. The van der Waals surface area contributed by atoms with Crippen molar-refractivity contribution in [3.63, 3.8) is 0 Å². The van der Waals surface area contributed by atoms with E-state index in [2.05, 4.69) is 6.07 Å². The summed E-state index contributed by atoms with van der Waals surface area (Å²) in [5.41, 5.74) is -0.157. The van der Waals surface area contributed by atoms with Crippen LogP contribution in [0.4, 0.5) is 16.2 Å². The zero-order valence-electron chi connectivity index (χ0n) is 20.7. The number of nitro groups is 1. The maximum Gasteiger partial charge on any atom is 0.415 e. The Balaban J connectivity index is 2.10. The smallest absolute Gasteiger partial charge is 0.415 e. The first-order valence-electron chi connectivity index (χ1n) is 11.3. The number of carbonyl (C=O) groups excluding carboxylic acids is 2. The number of hydrogen-bond acceptors (Lipinski definition) is 7. The average Bonchev–Trinajstić information content (AvgIpc) is 3.22. The molecule has 1 aromatic heterocycles. The molecule has 0 saturated carbocycles. The van der Waals surface area contributed by atoms with Crippen molar-refractivity contribution in [3.05, 3.63) is 86.7 Å². The molecule has 10 nitrogen and oxygen atoms in total. The van der Waals surface area contributed by atoms with Crippen LogP contribution < -0.4 is 4.90 Å². The molecule has 192 valence electrons. The van der Waals surface area contributed by atoms with Gasteiger partial charge in [-0.25, -0.2) is 9.59 Å². The van der Waals surface area contributed by atoms with Crippen LogP contribution in [0.3, 0.4) is 0 Å². The monoisotopic (exact) mass is 524 g/mol. The van der Waals surface area contributed by atoms with Gasteiger partial charge in [0.15, 0.2) is 0 Å². The lowest BCUT2D eigenvalue weighted by molar-refractivity contribution is -0.384. The molecule has 0 aliphatic carbocycles. The van der Waals surface area contributed by atoms with E-state index in [1.54, 1.807) is 62.7 Å². The molecule has 2 aromatic carbocycles. The number of nitriles is 1. The summed E-state index contributed by atoms with van der Waals surface area (Å²) in [6, 6.07) is 14.3. The van der Waals surface area contributed by atoms with Gasteiger partial charge in [-0.3, -0.25) is 15.0 Å². The lowest BCUT2D eigenvalue weighted by Gasteiger charge is -2.28. The third-order valence-electron chi connectivity index (χ3n) is 5.05. The highest BCUT2D eigenvalue weighted by molar-refractivity contribution is 6.30. The third-order valence-corrected chi connectivity index (χ3v) is 5.25. The van der Waals surface area contributed by atoms with E-state index in [0.717, 1.165) is 4.90 Å². The lowest BCUT2D eigenvalue weighted by atomic mass is 10.1. The van der Waals surface area contributed by atoms with E-state index in [0.29, 0.717) is 22.0 Å². The van der Waals surface area contributed by atoms with Crippen LogP contribution in [0.2, 0.25) is 5.02 Å². The Hall–Kier alpha value is -4.36. The molecule has 0 bridgehead atoms. The molecule has 0 aliphatic heterocycles.